The van der Waals surface area contributed by atoms with Gasteiger partial charge in [-0.1, -0.05) is 42.3 Å². The van der Waals surface area contributed by atoms with E-state index in [4.69, 9.17) is 27.9 Å². The molecule has 0 bridgehead atoms. The fourth-order valence-electron chi connectivity index (χ4n) is 2.67. The number of hydrogen-bond acceptors (Lipinski definition) is 4. The molecule has 150 valence electrons. The number of hydrogen-bond donors (Lipinski definition) is 1. The predicted octanol–water partition coefficient (Wildman–Crippen LogP) is 4.85. The topological polar surface area (TPSA) is 73.2 Å². The lowest BCUT2D eigenvalue weighted by atomic mass is 10.1. The first kappa shape index (κ1) is 20.9. The van der Waals surface area contributed by atoms with Crippen molar-refractivity contribution in [2.45, 2.75) is 19.9 Å². The lowest BCUT2D eigenvalue weighted by Gasteiger charge is -2.11. The van der Waals surface area contributed by atoms with Crippen molar-refractivity contribution in [2.24, 2.45) is 0 Å². The largest absolute Gasteiger partial charge is 0.484 e. The normalized spacial score (nSPS) is 10.6. The Morgan fingerprint density at radius 3 is 2.59 bits per heavy atom. The molecular formula is C21H19Cl2N3O3. The summed E-state index contributed by atoms with van der Waals surface area (Å²) in [6.07, 6.45) is 2.02. The van der Waals surface area contributed by atoms with E-state index in [1.807, 2.05) is 13.0 Å². The molecule has 0 unspecified atom stereocenters. The fourth-order valence-corrected chi connectivity index (χ4v) is 3.05. The summed E-state index contributed by atoms with van der Waals surface area (Å²) in [6.45, 7) is 1.99. The molecule has 8 heteroatoms. The maximum absolute atomic E-state index is 12.3. The van der Waals surface area contributed by atoms with Gasteiger partial charge in [0.25, 0.3) is 5.91 Å². The number of nitrogens with one attached hydrogen (secondary N) is 1. The van der Waals surface area contributed by atoms with Gasteiger partial charge in [-0.15, -0.1) is 0 Å². The van der Waals surface area contributed by atoms with Crippen LogP contribution in [0.5, 0.6) is 5.75 Å². The van der Waals surface area contributed by atoms with Gasteiger partial charge in [-0.3, -0.25) is 9.59 Å². The van der Waals surface area contributed by atoms with Gasteiger partial charge in [0, 0.05) is 18.1 Å². The highest BCUT2D eigenvalue weighted by molar-refractivity contribution is 6.42. The van der Waals surface area contributed by atoms with E-state index in [1.54, 1.807) is 53.3 Å². The SMILES string of the molecule is CCC(=O)c1ccc(OCC(=O)Nc2ccnn2Cc2cccc(Cl)c2Cl)cc1. The number of amides is 1. The van der Waals surface area contributed by atoms with E-state index in [9.17, 15) is 9.59 Å². The molecule has 0 atom stereocenters. The zero-order valence-corrected chi connectivity index (χ0v) is 17.2. The maximum atomic E-state index is 12.3. The van der Waals surface area contributed by atoms with Crippen molar-refractivity contribution in [1.82, 2.24) is 9.78 Å². The number of anilines is 1. The minimum atomic E-state index is -0.336. The number of aromatic nitrogens is 2. The van der Waals surface area contributed by atoms with Gasteiger partial charge in [0.05, 0.1) is 22.8 Å². The van der Waals surface area contributed by atoms with Crippen molar-refractivity contribution in [3.8, 4) is 5.75 Å². The third-order valence-corrected chi connectivity index (χ3v) is 5.06. The summed E-state index contributed by atoms with van der Waals surface area (Å²) in [5.41, 5.74) is 1.41. The van der Waals surface area contributed by atoms with Crippen LogP contribution in [0.1, 0.15) is 29.3 Å². The monoisotopic (exact) mass is 431 g/mol. The highest BCUT2D eigenvalue weighted by atomic mass is 35.5. The summed E-state index contributed by atoms with van der Waals surface area (Å²) < 4.78 is 7.10. The summed E-state index contributed by atoms with van der Waals surface area (Å²) in [4.78, 5) is 23.9. The molecule has 0 radical (unpaired) electrons. The Hall–Kier alpha value is -2.83. The van der Waals surface area contributed by atoms with Crippen LogP contribution in [0.4, 0.5) is 5.82 Å². The molecule has 1 N–H and O–H groups in total. The van der Waals surface area contributed by atoms with Gasteiger partial charge in [-0.25, -0.2) is 4.68 Å². The molecule has 0 saturated carbocycles. The molecule has 0 aliphatic heterocycles. The standard InChI is InChI=1S/C21H19Cl2N3O3/c1-2-18(27)14-6-8-16(9-7-14)29-13-20(28)25-19-10-11-24-26(19)12-15-4-3-5-17(22)21(15)23/h3-11H,2,12-13H2,1H3,(H,25,28). The molecule has 2 aromatic carbocycles. The maximum Gasteiger partial charge on any atom is 0.263 e. The van der Waals surface area contributed by atoms with Gasteiger partial charge < -0.3 is 10.1 Å². The van der Waals surface area contributed by atoms with Crippen LogP contribution in [0.2, 0.25) is 10.0 Å². The summed E-state index contributed by atoms with van der Waals surface area (Å²) >= 11 is 12.3. The number of nitrogens with zero attached hydrogens (tertiary/aromatic N) is 2. The van der Waals surface area contributed by atoms with Gasteiger partial charge in [0.1, 0.15) is 11.6 Å². The Labute approximate surface area is 178 Å². The van der Waals surface area contributed by atoms with E-state index in [0.29, 0.717) is 40.1 Å². The van der Waals surface area contributed by atoms with Crippen molar-refractivity contribution < 1.29 is 14.3 Å². The van der Waals surface area contributed by atoms with Gasteiger partial charge in [-0.05, 0) is 35.9 Å². The zero-order valence-electron chi connectivity index (χ0n) is 15.7. The van der Waals surface area contributed by atoms with E-state index >= 15 is 0 Å². The van der Waals surface area contributed by atoms with E-state index in [1.165, 1.54) is 0 Å². The zero-order chi connectivity index (χ0) is 20.8. The number of benzene rings is 2. The van der Waals surface area contributed by atoms with Gasteiger partial charge in [0.15, 0.2) is 12.4 Å². The average molecular weight is 432 g/mol. The smallest absolute Gasteiger partial charge is 0.263 e. The molecule has 3 rings (SSSR count). The first-order valence-electron chi connectivity index (χ1n) is 8.98. The molecule has 1 heterocycles. The number of halogens is 2. The quantitative estimate of drug-likeness (QED) is 0.517. The minimum Gasteiger partial charge on any atom is -0.484 e. The molecule has 0 aliphatic carbocycles. The summed E-state index contributed by atoms with van der Waals surface area (Å²) in [6, 6.07) is 13.7. The Morgan fingerprint density at radius 1 is 1.10 bits per heavy atom. The number of carbonyl (C=O) groups is 2. The van der Waals surface area contributed by atoms with Crippen LogP contribution in [0.3, 0.4) is 0 Å². The fraction of sp³-hybridized carbons (Fsp3) is 0.190. The Balaban J connectivity index is 1.58. The van der Waals surface area contributed by atoms with Gasteiger partial charge >= 0.3 is 0 Å². The second kappa shape index (κ2) is 9.58. The van der Waals surface area contributed by atoms with Crippen LogP contribution >= 0.6 is 23.2 Å². The van der Waals surface area contributed by atoms with Gasteiger partial charge in [0.2, 0.25) is 0 Å². The van der Waals surface area contributed by atoms with Crippen LogP contribution < -0.4 is 10.1 Å². The molecule has 1 aromatic heterocycles. The average Bonchev–Trinajstić information content (AvgIpc) is 3.16. The molecule has 29 heavy (non-hydrogen) atoms. The summed E-state index contributed by atoms with van der Waals surface area (Å²) in [5.74, 6) is 0.741. The third-order valence-electron chi connectivity index (χ3n) is 4.20. The van der Waals surface area contributed by atoms with E-state index in [-0.39, 0.29) is 18.3 Å². The van der Waals surface area contributed by atoms with Crippen molar-refractivity contribution in [3.05, 3.63) is 75.9 Å². The number of ether oxygens (including phenoxy) is 1. The first-order chi connectivity index (χ1) is 14.0. The molecular weight excluding hydrogens is 413 g/mol. The number of Topliss-reactive ketones (excluding diaryl/α,β-unsaturated/α-hetero) is 1. The van der Waals surface area contributed by atoms with Crippen molar-refractivity contribution in [3.63, 3.8) is 0 Å². The Kier molecular flexibility index (Phi) is 6.90. The van der Waals surface area contributed by atoms with Crippen LogP contribution in [0.25, 0.3) is 0 Å². The first-order valence-corrected chi connectivity index (χ1v) is 9.74. The molecule has 6 nitrogen and oxygen atoms in total. The van der Waals surface area contributed by atoms with Crippen molar-refractivity contribution in [1.29, 1.82) is 0 Å². The highest BCUT2D eigenvalue weighted by Crippen LogP contribution is 2.26. The molecule has 3 aromatic rings. The number of ketones is 1. The molecule has 0 aliphatic rings. The summed E-state index contributed by atoms with van der Waals surface area (Å²) in [7, 11) is 0. The Morgan fingerprint density at radius 2 is 1.86 bits per heavy atom. The van der Waals surface area contributed by atoms with Crippen LogP contribution in [0, 0.1) is 0 Å². The number of carbonyl (C=O) groups excluding carboxylic acids is 2. The predicted molar refractivity (Wildman–Crippen MR) is 113 cm³/mol. The van der Waals surface area contributed by atoms with Crippen LogP contribution in [-0.2, 0) is 11.3 Å². The molecule has 0 saturated heterocycles. The lowest BCUT2D eigenvalue weighted by Crippen LogP contribution is -2.22. The van der Waals surface area contributed by atoms with E-state index in [0.717, 1.165) is 5.56 Å². The molecule has 1 amide bonds. The van der Waals surface area contributed by atoms with Crippen LogP contribution in [0.15, 0.2) is 54.7 Å². The minimum absolute atomic E-state index is 0.0577. The molecule has 0 spiro atoms. The van der Waals surface area contributed by atoms with Gasteiger partial charge in [-0.2, -0.15) is 5.10 Å². The van der Waals surface area contributed by atoms with E-state index < -0.39 is 0 Å². The lowest BCUT2D eigenvalue weighted by molar-refractivity contribution is -0.118. The second-order valence-corrected chi connectivity index (χ2v) is 7.01. The molecule has 0 fully saturated rings. The summed E-state index contributed by atoms with van der Waals surface area (Å²) in [5, 5.41) is 7.89. The second-order valence-electron chi connectivity index (χ2n) is 6.22. The van der Waals surface area contributed by atoms with Crippen LogP contribution in [-0.4, -0.2) is 28.1 Å². The third kappa shape index (κ3) is 5.37. The van der Waals surface area contributed by atoms with E-state index in [2.05, 4.69) is 10.4 Å². The highest BCUT2D eigenvalue weighted by Gasteiger charge is 2.11. The van der Waals surface area contributed by atoms with Crippen molar-refractivity contribution >= 4 is 40.7 Å². The Bertz CT molecular complexity index is 1020. The number of rotatable bonds is 8. The van der Waals surface area contributed by atoms with Crippen molar-refractivity contribution in [2.75, 3.05) is 11.9 Å².